The van der Waals surface area contributed by atoms with Crippen molar-refractivity contribution in [1.29, 1.82) is 0 Å². The van der Waals surface area contributed by atoms with Crippen LogP contribution in [0.15, 0.2) is 97.1 Å². The Balaban J connectivity index is 1.69. The van der Waals surface area contributed by atoms with Crippen LogP contribution in [0.3, 0.4) is 0 Å². The van der Waals surface area contributed by atoms with Crippen molar-refractivity contribution in [2.45, 2.75) is 0 Å². The summed E-state index contributed by atoms with van der Waals surface area (Å²) in [6.07, 6.45) is 7.87. The lowest BCUT2D eigenvalue weighted by molar-refractivity contribution is 0.104. The molecule has 5 rings (SSSR count). The van der Waals surface area contributed by atoms with Crippen molar-refractivity contribution >= 4 is 28.3 Å². The average Bonchev–Trinajstić information content (AvgIpc) is 2.75. The van der Waals surface area contributed by atoms with Crippen molar-refractivity contribution < 1.29 is 4.79 Å². The topological polar surface area (TPSA) is 20.3 Å². The second-order valence-electron chi connectivity index (χ2n) is 7.04. The monoisotopic (exact) mass is 361 g/mol. The third-order valence-electron chi connectivity index (χ3n) is 5.46. The Morgan fingerprint density at radius 1 is 0.643 bits per heavy atom. The number of carbonyl (C=O) groups excluding carboxylic acids is 1. The first-order valence-corrected chi connectivity index (χ1v) is 9.40. The molecular weight excluding hydrogens is 342 g/mol. The third kappa shape index (κ3) is 2.54. The van der Waals surface area contributed by atoms with Crippen LogP contribution in [0.1, 0.15) is 27.0 Å². The maximum absolute atomic E-state index is 12.2. The van der Waals surface area contributed by atoms with Gasteiger partial charge in [-0.1, -0.05) is 78.9 Å². The zero-order chi connectivity index (χ0) is 19.1. The molecule has 0 fully saturated rings. The fourth-order valence-electron chi connectivity index (χ4n) is 4.06. The van der Waals surface area contributed by atoms with Gasteiger partial charge in [0.2, 0.25) is 0 Å². The number of nitrogens with zero attached hydrogens (tertiary/aromatic N) is 1. The van der Waals surface area contributed by atoms with E-state index in [9.17, 15) is 4.79 Å². The van der Waals surface area contributed by atoms with E-state index >= 15 is 0 Å². The number of para-hydroxylation sites is 2. The Hall–Kier alpha value is -3.65. The highest BCUT2D eigenvalue weighted by Gasteiger charge is 2.23. The zero-order valence-electron chi connectivity index (χ0n) is 15.6. The fourth-order valence-corrected chi connectivity index (χ4v) is 4.06. The van der Waals surface area contributed by atoms with Crippen LogP contribution in [0, 0.1) is 0 Å². The third-order valence-corrected chi connectivity index (χ3v) is 5.46. The summed E-state index contributed by atoms with van der Waals surface area (Å²) in [6.45, 7) is 0. The molecule has 3 aromatic rings. The van der Waals surface area contributed by atoms with Crippen molar-refractivity contribution in [2.24, 2.45) is 0 Å². The minimum absolute atomic E-state index is 0.0652. The van der Waals surface area contributed by atoms with Gasteiger partial charge in [0.1, 0.15) is 0 Å². The highest BCUT2D eigenvalue weighted by Crippen LogP contribution is 2.44. The van der Waals surface area contributed by atoms with Crippen LogP contribution in [0.2, 0.25) is 0 Å². The van der Waals surface area contributed by atoms with Gasteiger partial charge in [-0.2, -0.15) is 0 Å². The van der Waals surface area contributed by atoms with E-state index in [2.05, 4.69) is 72.6 Å². The highest BCUT2D eigenvalue weighted by atomic mass is 16.1. The van der Waals surface area contributed by atoms with Crippen LogP contribution in [0.25, 0.3) is 11.1 Å². The number of hydrogen-bond acceptors (Lipinski definition) is 2. The number of anilines is 2. The summed E-state index contributed by atoms with van der Waals surface area (Å²) in [5.74, 6) is 0.0652. The van der Waals surface area contributed by atoms with E-state index in [-0.39, 0.29) is 5.78 Å². The minimum Gasteiger partial charge on any atom is -0.344 e. The van der Waals surface area contributed by atoms with E-state index in [4.69, 9.17) is 0 Å². The molecule has 0 amide bonds. The van der Waals surface area contributed by atoms with E-state index in [1.54, 1.807) is 6.08 Å². The molecule has 3 aromatic carbocycles. The molecule has 2 nitrogen and oxygen atoms in total. The molecule has 0 aromatic heterocycles. The van der Waals surface area contributed by atoms with Gasteiger partial charge in [0.15, 0.2) is 5.78 Å². The van der Waals surface area contributed by atoms with Gasteiger partial charge >= 0.3 is 0 Å². The summed E-state index contributed by atoms with van der Waals surface area (Å²) in [5, 5.41) is 0. The van der Waals surface area contributed by atoms with Crippen LogP contribution >= 0.6 is 0 Å². The fraction of sp³-hybridized carbons (Fsp3) is 0.0385. The van der Waals surface area contributed by atoms with Crippen molar-refractivity contribution in [3.8, 4) is 0 Å². The molecule has 1 aliphatic carbocycles. The molecule has 0 bridgehead atoms. The number of fused-ring (bicyclic) bond motifs is 3. The predicted octanol–water partition coefficient (Wildman–Crippen LogP) is 6.04. The molecule has 0 saturated carbocycles. The van der Waals surface area contributed by atoms with E-state index in [1.165, 1.54) is 28.1 Å². The molecule has 2 aliphatic rings. The van der Waals surface area contributed by atoms with Crippen molar-refractivity contribution in [1.82, 2.24) is 0 Å². The second-order valence-corrected chi connectivity index (χ2v) is 7.04. The predicted molar refractivity (Wildman–Crippen MR) is 116 cm³/mol. The SMILES string of the molecule is CN1c2ccccc2C(=C/C=C2\C=CC(=O)c3ccccc32)c2ccccc21. The van der Waals surface area contributed by atoms with Gasteiger partial charge in [-0.15, -0.1) is 0 Å². The van der Waals surface area contributed by atoms with Gasteiger partial charge in [-0.05, 0) is 34.9 Å². The molecule has 1 heterocycles. The Kier molecular flexibility index (Phi) is 3.84. The molecule has 0 N–H and O–H groups in total. The standard InChI is InChI=1S/C26H19NO/c1-27-24-12-6-4-9-21(24)20(22-10-5-7-13-25(22)27)16-14-18-15-17-26(28)23-11-3-2-8-19(18)23/h2-17H,1H3/b18-14+. The quantitative estimate of drug-likeness (QED) is 0.527. The number of carbonyl (C=O) groups is 1. The molecule has 134 valence electrons. The highest BCUT2D eigenvalue weighted by molar-refractivity contribution is 6.12. The first-order valence-electron chi connectivity index (χ1n) is 9.40. The lowest BCUT2D eigenvalue weighted by Crippen LogP contribution is -2.17. The minimum atomic E-state index is 0.0652. The van der Waals surface area contributed by atoms with E-state index in [0.717, 1.165) is 16.7 Å². The molecule has 0 spiro atoms. The molecule has 2 heteroatoms. The molecule has 0 saturated heterocycles. The van der Waals surface area contributed by atoms with Crippen LogP contribution in [-0.4, -0.2) is 12.8 Å². The van der Waals surface area contributed by atoms with Gasteiger partial charge in [-0.25, -0.2) is 0 Å². The number of ketones is 1. The van der Waals surface area contributed by atoms with E-state index < -0.39 is 0 Å². The van der Waals surface area contributed by atoms with Crippen LogP contribution in [-0.2, 0) is 0 Å². The summed E-state index contributed by atoms with van der Waals surface area (Å²) in [5.41, 5.74) is 8.81. The lowest BCUT2D eigenvalue weighted by atomic mass is 9.88. The molecule has 0 radical (unpaired) electrons. The Bertz CT molecular complexity index is 1150. The van der Waals surface area contributed by atoms with Gasteiger partial charge in [0.25, 0.3) is 0 Å². The zero-order valence-corrected chi connectivity index (χ0v) is 15.6. The van der Waals surface area contributed by atoms with E-state index in [1.807, 2.05) is 30.3 Å². The second kappa shape index (κ2) is 6.50. The van der Waals surface area contributed by atoms with Gasteiger partial charge in [0, 0.05) is 35.1 Å². The average molecular weight is 361 g/mol. The molecule has 28 heavy (non-hydrogen) atoms. The smallest absolute Gasteiger partial charge is 0.186 e. The Morgan fingerprint density at radius 3 is 1.82 bits per heavy atom. The Labute approximate surface area is 164 Å². The first kappa shape index (κ1) is 16.5. The van der Waals surface area contributed by atoms with Crippen LogP contribution in [0.5, 0.6) is 0 Å². The summed E-state index contributed by atoms with van der Waals surface area (Å²) in [6, 6.07) is 24.7. The molecule has 1 aliphatic heterocycles. The Morgan fingerprint density at radius 2 is 1.18 bits per heavy atom. The van der Waals surface area contributed by atoms with Crippen LogP contribution < -0.4 is 4.90 Å². The molecule has 0 atom stereocenters. The van der Waals surface area contributed by atoms with Gasteiger partial charge < -0.3 is 4.90 Å². The maximum atomic E-state index is 12.2. The number of rotatable bonds is 1. The maximum Gasteiger partial charge on any atom is 0.186 e. The van der Waals surface area contributed by atoms with E-state index in [0.29, 0.717) is 0 Å². The van der Waals surface area contributed by atoms with Crippen LogP contribution in [0.4, 0.5) is 11.4 Å². The van der Waals surface area contributed by atoms with Gasteiger partial charge in [-0.3, -0.25) is 4.79 Å². The lowest BCUT2D eigenvalue weighted by Gasteiger charge is -2.31. The number of benzene rings is 3. The summed E-state index contributed by atoms with van der Waals surface area (Å²) in [7, 11) is 2.11. The van der Waals surface area contributed by atoms with Gasteiger partial charge in [0.05, 0.1) is 0 Å². The largest absolute Gasteiger partial charge is 0.344 e. The first-order chi connectivity index (χ1) is 13.7. The number of hydrogen-bond donors (Lipinski definition) is 0. The normalized spacial score (nSPS) is 15.9. The molecule has 0 unspecified atom stereocenters. The number of allylic oxidation sites excluding steroid dienone is 5. The summed E-state index contributed by atoms with van der Waals surface area (Å²) < 4.78 is 0. The van der Waals surface area contributed by atoms with Crippen molar-refractivity contribution in [3.05, 3.63) is 119 Å². The molecular formula is C26H19NO. The van der Waals surface area contributed by atoms with Crippen molar-refractivity contribution in [3.63, 3.8) is 0 Å². The van der Waals surface area contributed by atoms with Crippen molar-refractivity contribution in [2.75, 3.05) is 11.9 Å². The summed E-state index contributed by atoms with van der Waals surface area (Å²) in [4.78, 5) is 14.4. The summed E-state index contributed by atoms with van der Waals surface area (Å²) >= 11 is 0.